The fraction of sp³-hybridized carbons (Fsp3) is 0.333. The summed E-state index contributed by atoms with van der Waals surface area (Å²) in [7, 11) is 1.65. The van der Waals surface area contributed by atoms with Crippen LogP contribution in [0, 0.1) is 0 Å². The minimum atomic E-state index is -0.0380. The number of nitrogens with two attached hydrogens (primary N) is 1. The average molecular weight is 183 g/mol. The molecule has 3 heteroatoms. The number of hydrogen-bond donors (Lipinski definition) is 2. The van der Waals surface area contributed by atoms with Crippen LogP contribution in [0.3, 0.4) is 0 Å². The Morgan fingerprint density at radius 2 is 2.00 bits per heavy atom. The van der Waals surface area contributed by atoms with E-state index in [9.17, 15) is 0 Å². The van der Waals surface area contributed by atoms with Gasteiger partial charge in [0.15, 0.2) is 0 Å². The van der Waals surface area contributed by atoms with Crippen LogP contribution < -0.4 is 5.73 Å². The summed E-state index contributed by atoms with van der Waals surface area (Å²) in [4.78, 5) is 0.948. The number of methoxy groups -OCH3 is 1. The number of hydrogen-bond acceptors (Lipinski definition) is 3. The Morgan fingerprint density at radius 1 is 1.42 bits per heavy atom. The zero-order valence-corrected chi connectivity index (χ0v) is 7.92. The minimum absolute atomic E-state index is 0.0380. The lowest BCUT2D eigenvalue weighted by atomic mass is 10.1. The third kappa shape index (κ3) is 2.52. The van der Waals surface area contributed by atoms with Crippen LogP contribution in [0.25, 0.3) is 0 Å². The van der Waals surface area contributed by atoms with Gasteiger partial charge >= 0.3 is 0 Å². The van der Waals surface area contributed by atoms with Gasteiger partial charge in [-0.1, -0.05) is 12.1 Å². The van der Waals surface area contributed by atoms with Crippen LogP contribution in [0.15, 0.2) is 29.2 Å². The topological polar surface area (TPSA) is 35.2 Å². The molecule has 0 saturated heterocycles. The van der Waals surface area contributed by atoms with E-state index in [1.165, 1.54) is 0 Å². The van der Waals surface area contributed by atoms with E-state index in [1.54, 1.807) is 7.11 Å². The van der Waals surface area contributed by atoms with Crippen LogP contribution in [0.2, 0.25) is 0 Å². The summed E-state index contributed by atoms with van der Waals surface area (Å²) in [5, 5.41) is 0. The first-order valence-electron chi connectivity index (χ1n) is 3.77. The molecular weight excluding hydrogens is 170 g/mol. The van der Waals surface area contributed by atoms with Gasteiger partial charge in [0.2, 0.25) is 0 Å². The van der Waals surface area contributed by atoms with Crippen molar-refractivity contribution in [3.05, 3.63) is 29.8 Å². The second-order valence-corrected chi connectivity index (χ2v) is 3.17. The predicted molar refractivity (Wildman–Crippen MR) is 52.5 cm³/mol. The maximum absolute atomic E-state index is 5.81. The summed E-state index contributed by atoms with van der Waals surface area (Å²) in [6, 6.07) is 7.74. The fourth-order valence-electron chi connectivity index (χ4n) is 0.997. The molecule has 0 amide bonds. The molecule has 1 rings (SSSR count). The van der Waals surface area contributed by atoms with Gasteiger partial charge in [-0.3, -0.25) is 0 Å². The van der Waals surface area contributed by atoms with Crippen LogP contribution >= 0.6 is 12.6 Å². The van der Waals surface area contributed by atoms with Crippen molar-refractivity contribution in [2.24, 2.45) is 5.73 Å². The monoisotopic (exact) mass is 183 g/mol. The summed E-state index contributed by atoms with van der Waals surface area (Å²) in [6.07, 6.45) is 0. The Balaban J connectivity index is 2.68. The molecule has 0 aliphatic heterocycles. The first-order chi connectivity index (χ1) is 5.74. The van der Waals surface area contributed by atoms with Gasteiger partial charge in [-0.25, -0.2) is 0 Å². The Hall–Kier alpha value is -0.510. The van der Waals surface area contributed by atoms with Crippen molar-refractivity contribution in [1.29, 1.82) is 0 Å². The predicted octanol–water partition coefficient (Wildman–Crippen LogP) is 1.62. The summed E-state index contributed by atoms with van der Waals surface area (Å²) >= 11 is 4.18. The van der Waals surface area contributed by atoms with Gasteiger partial charge in [-0.15, -0.1) is 12.6 Å². The molecule has 0 bridgehead atoms. The Morgan fingerprint density at radius 3 is 2.50 bits per heavy atom. The van der Waals surface area contributed by atoms with E-state index < -0.39 is 0 Å². The van der Waals surface area contributed by atoms with E-state index in [4.69, 9.17) is 10.5 Å². The normalized spacial score (nSPS) is 12.9. The summed E-state index contributed by atoms with van der Waals surface area (Å²) in [5.41, 5.74) is 6.88. The van der Waals surface area contributed by atoms with Crippen LogP contribution in [-0.4, -0.2) is 13.7 Å². The van der Waals surface area contributed by atoms with E-state index in [1.807, 2.05) is 24.3 Å². The van der Waals surface area contributed by atoms with Gasteiger partial charge in [-0.05, 0) is 17.7 Å². The van der Waals surface area contributed by atoms with E-state index in [0.29, 0.717) is 6.61 Å². The van der Waals surface area contributed by atoms with Crippen molar-refractivity contribution in [3.63, 3.8) is 0 Å². The molecule has 1 aromatic rings. The first-order valence-corrected chi connectivity index (χ1v) is 4.22. The summed E-state index contributed by atoms with van der Waals surface area (Å²) in [6.45, 7) is 0.548. The highest BCUT2D eigenvalue weighted by Crippen LogP contribution is 2.13. The molecule has 0 radical (unpaired) electrons. The lowest BCUT2D eigenvalue weighted by Crippen LogP contribution is -2.15. The van der Waals surface area contributed by atoms with Crippen LogP contribution in [0.5, 0.6) is 0 Å². The van der Waals surface area contributed by atoms with Gasteiger partial charge in [0.1, 0.15) is 0 Å². The maximum Gasteiger partial charge on any atom is 0.0655 e. The highest BCUT2D eigenvalue weighted by molar-refractivity contribution is 7.80. The number of ether oxygens (including phenoxy) is 1. The fourth-order valence-corrected chi connectivity index (χ4v) is 1.15. The van der Waals surface area contributed by atoms with Crippen molar-refractivity contribution in [2.45, 2.75) is 10.9 Å². The maximum atomic E-state index is 5.81. The molecule has 0 heterocycles. The smallest absolute Gasteiger partial charge is 0.0655 e. The third-order valence-corrected chi connectivity index (χ3v) is 1.97. The molecular formula is C9H13NOS. The number of benzene rings is 1. The molecule has 0 saturated carbocycles. The molecule has 0 aliphatic rings. The van der Waals surface area contributed by atoms with Crippen molar-refractivity contribution < 1.29 is 4.74 Å². The van der Waals surface area contributed by atoms with E-state index in [2.05, 4.69) is 12.6 Å². The van der Waals surface area contributed by atoms with E-state index >= 15 is 0 Å². The second kappa shape index (κ2) is 4.50. The molecule has 12 heavy (non-hydrogen) atoms. The van der Waals surface area contributed by atoms with Gasteiger partial charge in [0, 0.05) is 12.0 Å². The Bertz CT molecular complexity index is 235. The van der Waals surface area contributed by atoms with Crippen LogP contribution in [0.1, 0.15) is 11.6 Å². The Kier molecular flexibility index (Phi) is 3.59. The van der Waals surface area contributed by atoms with Crippen LogP contribution in [0.4, 0.5) is 0 Å². The minimum Gasteiger partial charge on any atom is -0.383 e. The van der Waals surface area contributed by atoms with Gasteiger partial charge in [-0.2, -0.15) is 0 Å². The van der Waals surface area contributed by atoms with Crippen LogP contribution in [-0.2, 0) is 4.74 Å². The second-order valence-electron chi connectivity index (χ2n) is 2.65. The van der Waals surface area contributed by atoms with Crippen molar-refractivity contribution >= 4 is 12.6 Å². The third-order valence-electron chi connectivity index (χ3n) is 1.67. The molecule has 0 aliphatic carbocycles. The lowest BCUT2D eigenvalue weighted by molar-refractivity contribution is 0.181. The van der Waals surface area contributed by atoms with Gasteiger partial charge in [0.25, 0.3) is 0 Å². The molecule has 2 N–H and O–H groups in total. The molecule has 1 aromatic carbocycles. The summed E-state index contributed by atoms with van der Waals surface area (Å²) in [5.74, 6) is 0. The molecule has 0 aromatic heterocycles. The molecule has 0 fully saturated rings. The number of thiol groups is 1. The SMILES string of the molecule is COCC(N)c1ccc(S)cc1. The van der Waals surface area contributed by atoms with Crippen molar-refractivity contribution in [3.8, 4) is 0 Å². The molecule has 2 nitrogen and oxygen atoms in total. The van der Waals surface area contributed by atoms with Gasteiger partial charge in [0.05, 0.1) is 12.6 Å². The standard InChI is InChI=1S/C9H13NOS/c1-11-6-9(10)7-2-4-8(12)5-3-7/h2-5,9,12H,6,10H2,1H3. The molecule has 66 valence electrons. The zero-order valence-electron chi connectivity index (χ0n) is 7.03. The van der Waals surface area contributed by atoms with Crippen molar-refractivity contribution in [2.75, 3.05) is 13.7 Å². The quantitative estimate of drug-likeness (QED) is 0.698. The largest absolute Gasteiger partial charge is 0.383 e. The van der Waals surface area contributed by atoms with E-state index in [0.717, 1.165) is 10.5 Å². The average Bonchev–Trinajstić information content (AvgIpc) is 2.06. The van der Waals surface area contributed by atoms with Gasteiger partial charge < -0.3 is 10.5 Å². The van der Waals surface area contributed by atoms with Crippen molar-refractivity contribution in [1.82, 2.24) is 0 Å². The lowest BCUT2D eigenvalue weighted by Gasteiger charge is -2.10. The highest BCUT2D eigenvalue weighted by atomic mass is 32.1. The Labute approximate surface area is 78.1 Å². The first kappa shape index (κ1) is 9.58. The summed E-state index contributed by atoms with van der Waals surface area (Å²) < 4.78 is 4.94. The molecule has 0 spiro atoms. The highest BCUT2D eigenvalue weighted by Gasteiger charge is 2.03. The van der Waals surface area contributed by atoms with E-state index in [-0.39, 0.29) is 6.04 Å². The molecule has 1 unspecified atom stereocenters. The number of rotatable bonds is 3. The molecule has 1 atom stereocenters. The zero-order chi connectivity index (χ0) is 8.97.